The molecule has 0 radical (unpaired) electrons. The van der Waals surface area contributed by atoms with E-state index in [-0.39, 0.29) is 6.23 Å². The second-order valence-electron chi connectivity index (χ2n) is 2.50. The average molecular weight is 129 g/mol. The van der Waals surface area contributed by atoms with Crippen LogP contribution in [0, 0.1) is 0 Å². The fourth-order valence-corrected chi connectivity index (χ4v) is 1.37. The first-order valence-corrected chi connectivity index (χ1v) is 3.48. The molecule has 3 nitrogen and oxygen atoms in total. The molecule has 2 heterocycles. The molecule has 2 fully saturated rings. The minimum atomic E-state index is 0.277. The van der Waals surface area contributed by atoms with E-state index in [1.807, 2.05) is 5.06 Å². The molecule has 0 spiro atoms. The molecular weight excluding hydrogens is 118 g/mol. The highest BCUT2D eigenvalue weighted by atomic mass is 16.8. The first-order chi connectivity index (χ1) is 4.47. The number of piperidine rings is 1. The monoisotopic (exact) mass is 129 g/mol. The van der Waals surface area contributed by atoms with Crippen molar-refractivity contribution in [3.05, 3.63) is 0 Å². The van der Waals surface area contributed by atoms with Crippen molar-refractivity contribution in [1.29, 1.82) is 0 Å². The number of nitrogens with zero attached hydrogens (tertiary/aromatic N) is 1. The van der Waals surface area contributed by atoms with Crippen molar-refractivity contribution in [2.45, 2.75) is 25.5 Å². The summed E-state index contributed by atoms with van der Waals surface area (Å²) in [4.78, 5) is 5.17. The van der Waals surface area contributed by atoms with Crippen molar-refractivity contribution in [1.82, 2.24) is 5.06 Å². The van der Waals surface area contributed by atoms with E-state index in [4.69, 9.17) is 9.57 Å². The van der Waals surface area contributed by atoms with Crippen LogP contribution in [0.4, 0.5) is 0 Å². The van der Waals surface area contributed by atoms with Crippen molar-refractivity contribution in [3.8, 4) is 0 Å². The normalized spacial score (nSPS) is 36.7. The largest absolute Gasteiger partial charge is 0.333 e. The van der Waals surface area contributed by atoms with Crippen LogP contribution in [0.5, 0.6) is 0 Å². The van der Waals surface area contributed by atoms with Gasteiger partial charge in [0.25, 0.3) is 0 Å². The zero-order valence-corrected chi connectivity index (χ0v) is 5.38. The molecule has 0 aromatic heterocycles. The van der Waals surface area contributed by atoms with Crippen LogP contribution < -0.4 is 0 Å². The van der Waals surface area contributed by atoms with Crippen molar-refractivity contribution < 1.29 is 9.57 Å². The molecule has 2 aliphatic heterocycles. The van der Waals surface area contributed by atoms with Crippen molar-refractivity contribution in [2.24, 2.45) is 0 Å². The van der Waals surface area contributed by atoms with E-state index in [9.17, 15) is 0 Å². The Kier molecular flexibility index (Phi) is 1.41. The Morgan fingerprint density at radius 2 is 2.33 bits per heavy atom. The summed E-state index contributed by atoms with van der Waals surface area (Å²) in [5.74, 6) is 0. The predicted molar refractivity (Wildman–Crippen MR) is 31.4 cm³/mol. The number of hydroxylamine groups is 2. The lowest BCUT2D eigenvalue weighted by molar-refractivity contribution is -0.143. The van der Waals surface area contributed by atoms with Gasteiger partial charge in [0.1, 0.15) is 6.23 Å². The van der Waals surface area contributed by atoms with Gasteiger partial charge in [-0.1, -0.05) is 0 Å². The van der Waals surface area contributed by atoms with Gasteiger partial charge in [0, 0.05) is 6.54 Å². The summed E-state index contributed by atoms with van der Waals surface area (Å²) in [6.45, 7) is 1.51. The first kappa shape index (κ1) is 5.65. The fraction of sp³-hybridized carbons (Fsp3) is 1.00. The summed E-state index contributed by atoms with van der Waals surface area (Å²) >= 11 is 0. The first-order valence-electron chi connectivity index (χ1n) is 3.48. The van der Waals surface area contributed by atoms with Crippen LogP contribution in [-0.2, 0) is 9.57 Å². The highest BCUT2D eigenvalue weighted by Gasteiger charge is 2.28. The topological polar surface area (TPSA) is 21.7 Å². The van der Waals surface area contributed by atoms with E-state index in [0.717, 1.165) is 13.0 Å². The maximum Gasteiger partial charge on any atom is 0.169 e. The van der Waals surface area contributed by atoms with Gasteiger partial charge in [0.15, 0.2) is 6.79 Å². The van der Waals surface area contributed by atoms with E-state index in [1.165, 1.54) is 12.8 Å². The maximum atomic E-state index is 5.26. The SMILES string of the molecule is C1CCN2OCOC2C1. The minimum absolute atomic E-state index is 0.277. The molecule has 1 unspecified atom stereocenters. The van der Waals surface area contributed by atoms with Gasteiger partial charge in [-0.3, -0.25) is 4.84 Å². The zero-order valence-electron chi connectivity index (χ0n) is 5.38. The summed E-state index contributed by atoms with van der Waals surface area (Å²) in [5, 5.41) is 1.95. The smallest absolute Gasteiger partial charge is 0.169 e. The van der Waals surface area contributed by atoms with Crippen molar-refractivity contribution >= 4 is 0 Å². The quantitative estimate of drug-likeness (QED) is 0.481. The van der Waals surface area contributed by atoms with Crippen LogP contribution in [0.1, 0.15) is 19.3 Å². The third-order valence-electron chi connectivity index (χ3n) is 1.88. The van der Waals surface area contributed by atoms with Crippen molar-refractivity contribution in [3.63, 3.8) is 0 Å². The lowest BCUT2D eigenvalue weighted by Crippen LogP contribution is -2.33. The fourth-order valence-electron chi connectivity index (χ4n) is 1.37. The molecule has 3 heteroatoms. The summed E-state index contributed by atoms with van der Waals surface area (Å²) in [7, 11) is 0. The maximum absolute atomic E-state index is 5.26. The van der Waals surface area contributed by atoms with Gasteiger partial charge < -0.3 is 4.74 Å². The van der Waals surface area contributed by atoms with Gasteiger partial charge in [-0.25, -0.2) is 0 Å². The molecule has 0 bridgehead atoms. The molecule has 0 amide bonds. The van der Waals surface area contributed by atoms with E-state index in [2.05, 4.69) is 0 Å². The van der Waals surface area contributed by atoms with Gasteiger partial charge in [0.2, 0.25) is 0 Å². The summed E-state index contributed by atoms with van der Waals surface area (Å²) in [6.07, 6.45) is 3.95. The molecule has 0 saturated carbocycles. The lowest BCUT2D eigenvalue weighted by Gasteiger charge is -2.24. The average Bonchev–Trinajstić information content (AvgIpc) is 2.33. The Bertz CT molecular complexity index is 95.2. The molecule has 0 aromatic carbocycles. The second kappa shape index (κ2) is 2.25. The van der Waals surface area contributed by atoms with Gasteiger partial charge in [-0.05, 0) is 19.3 Å². The van der Waals surface area contributed by atoms with Crippen LogP contribution in [-0.4, -0.2) is 24.6 Å². The molecule has 1 atom stereocenters. The number of fused-ring (bicyclic) bond motifs is 1. The van der Waals surface area contributed by atoms with Crippen LogP contribution in [0.15, 0.2) is 0 Å². The van der Waals surface area contributed by atoms with E-state index >= 15 is 0 Å². The molecule has 0 N–H and O–H groups in total. The second-order valence-corrected chi connectivity index (χ2v) is 2.50. The molecule has 9 heavy (non-hydrogen) atoms. The van der Waals surface area contributed by atoms with Gasteiger partial charge >= 0.3 is 0 Å². The number of hydrogen-bond acceptors (Lipinski definition) is 3. The van der Waals surface area contributed by atoms with Crippen LogP contribution in [0.25, 0.3) is 0 Å². The number of rotatable bonds is 0. The summed E-state index contributed by atoms with van der Waals surface area (Å²) in [5.41, 5.74) is 0. The molecular formula is C6H11NO2. The van der Waals surface area contributed by atoms with Crippen molar-refractivity contribution in [2.75, 3.05) is 13.3 Å². The Labute approximate surface area is 54.5 Å². The zero-order chi connectivity index (χ0) is 6.10. The Hall–Kier alpha value is -0.120. The number of ether oxygens (including phenoxy) is 1. The standard InChI is InChI=1S/C6H11NO2/c1-2-4-7-6(3-1)8-5-9-7/h6H,1-5H2. The van der Waals surface area contributed by atoms with E-state index in [1.54, 1.807) is 0 Å². The predicted octanol–water partition coefficient (Wildman–Crippen LogP) is 0.718. The minimum Gasteiger partial charge on any atom is -0.333 e. The highest BCUT2D eigenvalue weighted by Crippen LogP contribution is 2.22. The highest BCUT2D eigenvalue weighted by molar-refractivity contribution is 4.64. The van der Waals surface area contributed by atoms with E-state index in [0.29, 0.717) is 6.79 Å². The van der Waals surface area contributed by atoms with Gasteiger partial charge in [0.05, 0.1) is 0 Å². The van der Waals surface area contributed by atoms with Crippen LogP contribution in [0.3, 0.4) is 0 Å². The molecule has 2 rings (SSSR count). The molecule has 2 saturated heterocycles. The van der Waals surface area contributed by atoms with Crippen LogP contribution in [0.2, 0.25) is 0 Å². The molecule has 0 aromatic rings. The third-order valence-corrected chi connectivity index (χ3v) is 1.88. The Morgan fingerprint density at radius 3 is 3.22 bits per heavy atom. The van der Waals surface area contributed by atoms with Gasteiger partial charge in [-0.2, -0.15) is 5.06 Å². The summed E-state index contributed by atoms with van der Waals surface area (Å²) in [6, 6.07) is 0. The van der Waals surface area contributed by atoms with Gasteiger partial charge in [-0.15, -0.1) is 0 Å². The Balaban J connectivity index is 1.97. The number of hydrogen-bond donors (Lipinski definition) is 0. The summed E-state index contributed by atoms with van der Waals surface area (Å²) < 4.78 is 5.26. The van der Waals surface area contributed by atoms with E-state index < -0.39 is 0 Å². The Morgan fingerprint density at radius 1 is 1.33 bits per heavy atom. The molecule has 0 aliphatic carbocycles. The molecule has 2 aliphatic rings. The molecule has 52 valence electrons. The lowest BCUT2D eigenvalue weighted by atomic mass is 10.1. The van der Waals surface area contributed by atoms with Crippen LogP contribution >= 0.6 is 0 Å². The third kappa shape index (κ3) is 0.956.